The summed E-state index contributed by atoms with van der Waals surface area (Å²) in [5.74, 6) is 0.957. The van der Waals surface area contributed by atoms with Gasteiger partial charge < -0.3 is 24.8 Å². The van der Waals surface area contributed by atoms with E-state index in [-0.39, 0.29) is 23.0 Å². The van der Waals surface area contributed by atoms with Crippen LogP contribution in [-0.4, -0.2) is 84.2 Å². The standard InChI is InChI=1S/C33H45N3O6/c1-33(2,3)22-28(42-23-24-8-5-4-6-9-24)29(34-32(39)40)31(38)36-19-17-35(18-20-36)16-7-21-41-27-14-12-26(13-15-27)30(37)25-10-11-25/h4-6,8-9,12-15,25,28-29,34H,7,10-11,16-23H2,1-3H3,(H,39,40)/t28-,29+/m0/s1. The fourth-order valence-electron chi connectivity index (χ4n) is 5.26. The van der Waals surface area contributed by atoms with Crippen molar-refractivity contribution in [3.05, 3.63) is 65.7 Å². The number of benzene rings is 2. The lowest BCUT2D eigenvalue weighted by Crippen LogP contribution is -2.59. The summed E-state index contributed by atoms with van der Waals surface area (Å²) < 4.78 is 12.1. The number of rotatable bonds is 14. The quantitative estimate of drug-likeness (QED) is 0.243. The van der Waals surface area contributed by atoms with E-state index in [0.29, 0.717) is 45.8 Å². The second-order valence-corrected chi connectivity index (χ2v) is 12.6. The van der Waals surface area contributed by atoms with E-state index in [2.05, 4.69) is 31.0 Å². The molecule has 9 nitrogen and oxygen atoms in total. The lowest BCUT2D eigenvalue weighted by atomic mass is 9.86. The second-order valence-electron chi connectivity index (χ2n) is 12.6. The maximum atomic E-state index is 13.7. The molecule has 1 saturated carbocycles. The summed E-state index contributed by atoms with van der Waals surface area (Å²) >= 11 is 0. The molecule has 2 aromatic carbocycles. The zero-order chi connectivity index (χ0) is 30.1. The molecule has 0 aromatic heterocycles. The predicted octanol–water partition coefficient (Wildman–Crippen LogP) is 4.85. The molecule has 1 aliphatic heterocycles. The predicted molar refractivity (Wildman–Crippen MR) is 161 cm³/mol. The van der Waals surface area contributed by atoms with Crippen molar-refractivity contribution in [3.8, 4) is 5.75 Å². The molecule has 2 fully saturated rings. The number of nitrogens with one attached hydrogen (secondary N) is 1. The van der Waals surface area contributed by atoms with Crippen LogP contribution in [0, 0.1) is 11.3 Å². The van der Waals surface area contributed by atoms with E-state index in [0.717, 1.165) is 42.7 Å². The topological polar surface area (TPSA) is 108 Å². The molecule has 2 aliphatic rings. The molecule has 0 unspecified atom stereocenters. The largest absolute Gasteiger partial charge is 0.494 e. The third kappa shape index (κ3) is 9.84. The highest BCUT2D eigenvalue weighted by Crippen LogP contribution is 2.33. The smallest absolute Gasteiger partial charge is 0.405 e. The Morgan fingerprint density at radius 3 is 2.24 bits per heavy atom. The van der Waals surface area contributed by atoms with Crippen molar-refractivity contribution in [2.45, 2.75) is 65.2 Å². The molecule has 9 heteroatoms. The average molecular weight is 580 g/mol. The summed E-state index contributed by atoms with van der Waals surface area (Å²) in [5, 5.41) is 12.1. The van der Waals surface area contributed by atoms with Crippen LogP contribution in [0.4, 0.5) is 4.79 Å². The zero-order valence-electron chi connectivity index (χ0n) is 25.1. The van der Waals surface area contributed by atoms with Gasteiger partial charge >= 0.3 is 6.09 Å². The second kappa shape index (κ2) is 14.6. The van der Waals surface area contributed by atoms with E-state index in [1.165, 1.54) is 0 Å². The van der Waals surface area contributed by atoms with E-state index in [9.17, 15) is 19.5 Å². The first kappa shape index (κ1) is 31.5. The van der Waals surface area contributed by atoms with Crippen LogP contribution in [0.2, 0.25) is 0 Å². The van der Waals surface area contributed by atoms with E-state index < -0.39 is 18.2 Å². The first-order valence-corrected chi connectivity index (χ1v) is 15.0. The Labute approximate surface area is 249 Å². The minimum absolute atomic E-state index is 0.170. The molecule has 228 valence electrons. The molecule has 0 radical (unpaired) electrons. The van der Waals surface area contributed by atoms with Crippen molar-refractivity contribution in [1.29, 1.82) is 0 Å². The van der Waals surface area contributed by atoms with Crippen LogP contribution in [0.15, 0.2) is 54.6 Å². The third-order valence-electron chi connectivity index (χ3n) is 7.70. The molecular formula is C33H45N3O6. The number of amides is 2. The maximum absolute atomic E-state index is 13.7. The molecule has 2 amide bonds. The van der Waals surface area contributed by atoms with Crippen LogP contribution in [0.1, 0.15) is 62.4 Å². The molecule has 1 heterocycles. The Bertz CT molecular complexity index is 1170. The summed E-state index contributed by atoms with van der Waals surface area (Å²) in [4.78, 5) is 41.6. The van der Waals surface area contributed by atoms with Gasteiger partial charge in [-0.2, -0.15) is 0 Å². The van der Waals surface area contributed by atoms with Gasteiger partial charge in [0, 0.05) is 44.2 Å². The number of carbonyl (C=O) groups is 3. The summed E-state index contributed by atoms with van der Waals surface area (Å²) in [5.41, 5.74) is 1.55. The van der Waals surface area contributed by atoms with Crippen molar-refractivity contribution in [2.24, 2.45) is 11.3 Å². The lowest BCUT2D eigenvalue weighted by molar-refractivity contribution is -0.140. The Morgan fingerprint density at radius 2 is 1.64 bits per heavy atom. The number of hydrogen-bond donors (Lipinski definition) is 2. The van der Waals surface area contributed by atoms with Crippen molar-refractivity contribution < 1.29 is 29.0 Å². The summed E-state index contributed by atoms with van der Waals surface area (Å²) in [6.07, 6.45) is 1.51. The van der Waals surface area contributed by atoms with Gasteiger partial charge in [-0.3, -0.25) is 14.5 Å². The molecule has 1 aliphatic carbocycles. The molecule has 2 atom stereocenters. The molecule has 2 N–H and O–H groups in total. The van der Waals surface area contributed by atoms with Gasteiger partial charge in [0.25, 0.3) is 0 Å². The zero-order valence-corrected chi connectivity index (χ0v) is 25.1. The normalized spacial score (nSPS) is 17.4. The lowest BCUT2D eigenvalue weighted by Gasteiger charge is -2.38. The van der Waals surface area contributed by atoms with E-state index in [1.54, 1.807) is 4.90 Å². The van der Waals surface area contributed by atoms with Gasteiger partial charge in [-0.05, 0) is 60.9 Å². The number of carbonyl (C=O) groups excluding carboxylic acids is 2. The minimum atomic E-state index is -1.24. The molecule has 4 rings (SSSR count). The van der Waals surface area contributed by atoms with Crippen molar-refractivity contribution >= 4 is 17.8 Å². The Kier molecular flexibility index (Phi) is 11.0. The highest BCUT2D eigenvalue weighted by atomic mass is 16.5. The van der Waals surface area contributed by atoms with Gasteiger partial charge in [0.1, 0.15) is 11.8 Å². The minimum Gasteiger partial charge on any atom is -0.494 e. The first-order chi connectivity index (χ1) is 20.1. The van der Waals surface area contributed by atoms with Gasteiger partial charge in [-0.25, -0.2) is 4.79 Å². The van der Waals surface area contributed by atoms with Crippen LogP contribution < -0.4 is 10.1 Å². The summed E-state index contributed by atoms with van der Waals surface area (Å²) in [6, 6.07) is 16.1. The van der Waals surface area contributed by atoms with Crippen LogP contribution >= 0.6 is 0 Å². The number of carboxylic acid groups (broad SMARTS) is 1. The van der Waals surface area contributed by atoms with Crippen LogP contribution in [0.3, 0.4) is 0 Å². The molecule has 42 heavy (non-hydrogen) atoms. The van der Waals surface area contributed by atoms with Gasteiger partial charge in [0.05, 0.1) is 19.3 Å². The summed E-state index contributed by atoms with van der Waals surface area (Å²) in [6.45, 7) is 10.3. The summed E-state index contributed by atoms with van der Waals surface area (Å²) in [7, 11) is 0. The number of nitrogens with zero attached hydrogens (tertiary/aromatic N) is 2. The Morgan fingerprint density at radius 1 is 0.976 bits per heavy atom. The van der Waals surface area contributed by atoms with Gasteiger partial charge in [0.2, 0.25) is 5.91 Å². The number of piperazine rings is 1. The van der Waals surface area contributed by atoms with Crippen LogP contribution in [0.5, 0.6) is 5.75 Å². The number of ketones is 1. The molecule has 0 bridgehead atoms. The van der Waals surface area contributed by atoms with E-state index in [1.807, 2.05) is 54.6 Å². The number of ether oxygens (including phenoxy) is 2. The van der Waals surface area contributed by atoms with Crippen molar-refractivity contribution in [1.82, 2.24) is 15.1 Å². The van der Waals surface area contributed by atoms with Gasteiger partial charge in [-0.1, -0.05) is 51.1 Å². The van der Waals surface area contributed by atoms with Gasteiger partial charge in [0.15, 0.2) is 5.78 Å². The number of Topliss-reactive ketones (excluding diaryl/α,β-unsaturated/α-hetero) is 1. The first-order valence-electron chi connectivity index (χ1n) is 15.0. The molecule has 2 aromatic rings. The highest BCUT2D eigenvalue weighted by Gasteiger charge is 2.37. The maximum Gasteiger partial charge on any atom is 0.405 e. The molecular weight excluding hydrogens is 534 g/mol. The van der Waals surface area contributed by atoms with Crippen LogP contribution in [-0.2, 0) is 16.1 Å². The van der Waals surface area contributed by atoms with Gasteiger partial charge in [-0.15, -0.1) is 0 Å². The van der Waals surface area contributed by atoms with Crippen molar-refractivity contribution in [3.63, 3.8) is 0 Å². The monoisotopic (exact) mass is 579 g/mol. The fraction of sp³-hybridized carbons (Fsp3) is 0.545. The Hall–Kier alpha value is -3.43. The highest BCUT2D eigenvalue weighted by molar-refractivity contribution is 5.99. The van der Waals surface area contributed by atoms with E-state index in [4.69, 9.17) is 9.47 Å². The molecule has 0 spiro atoms. The Balaban J connectivity index is 1.25. The SMILES string of the molecule is CC(C)(C)C[C@H](OCc1ccccc1)[C@@H](NC(=O)O)C(=O)N1CCN(CCCOc2ccc(C(=O)C3CC3)cc2)CC1. The average Bonchev–Trinajstić information content (AvgIpc) is 3.82. The number of hydrogen-bond acceptors (Lipinski definition) is 6. The third-order valence-corrected chi connectivity index (χ3v) is 7.70. The van der Waals surface area contributed by atoms with E-state index >= 15 is 0 Å². The van der Waals surface area contributed by atoms with Crippen molar-refractivity contribution in [2.75, 3.05) is 39.3 Å². The fourth-order valence-corrected chi connectivity index (χ4v) is 5.26. The molecule has 1 saturated heterocycles. The van der Waals surface area contributed by atoms with Crippen LogP contribution in [0.25, 0.3) is 0 Å².